The monoisotopic (exact) mass is 285 g/mol. The van der Waals surface area contributed by atoms with Crippen molar-refractivity contribution < 1.29 is 4.79 Å². The third-order valence-corrected chi connectivity index (χ3v) is 3.53. The van der Waals surface area contributed by atoms with Gasteiger partial charge in [-0.3, -0.25) is 9.89 Å². The number of aromatic nitrogens is 4. The van der Waals surface area contributed by atoms with Gasteiger partial charge in [-0.1, -0.05) is 12.1 Å². The summed E-state index contributed by atoms with van der Waals surface area (Å²) in [5, 5.41) is 11.1. The van der Waals surface area contributed by atoms with Gasteiger partial charge in [-0.2, -0.15) is 5.10 Å². The van der Waals surface area contributed by atoms with Crippen molar-refractivity contribution in [2.24, 2.45) is 0 Å². The van der Waals surface area contributed by atoms with Gasteiger partial charge in [0, 0.05) is 0 Å². The molecule has 0 fully saturated rings. The summed E-state index contributed by atoms with van der Waals surface area (Å²) < 4.78 is 0. The maximum atomic E-state index is 12.0. The topological polar surface area (TPSA) is 83.6 Å². The van der Waals surface area contributed by atoms with Gasteiger partial charge in [0.2, 0.25) is 0 Å². The Morgan fingerprint density at radius 3 is 3.00 bits per heavy atom. The lowest BCUT2D eigenvalue weighted by Crippen LogP contribution is -2.24. The summed E-state index contributed by atoms with van der Waals surface area (Å²) in [6.45, 7) is 0.295. The van der Waals surface area contributed by atoms with Gasteiger partial charge in [0.05, 0.1) is 17.1 Å². The maximum absolute atomic E-state index is 12.0. The molecule has 7 heteroatoms. The average Bonchev–Trinajstić information content (AvgIpc) is 3.18. The fourth-order valence-corrected chi connectivity index (χ4v) is 2.39. The highest BCUT2D eigenvalue weighted by Gasteiger charge is 2.09. The highest BCUT2D eigenvalue weighted by Crippen LogP contribution is 2.22. The molecule has 6 nitrogen and oxygen atoms in total. The van der Waals surface area contributed by atoms with Crippen LogP contribution < -0.4 is 5.32 Å². The quantitative estimate of drug-likeness (QED) is 0.766. The minimum absolute atomic E-state index is 0.236. The molecule has 100 valence electrons. The van der Waals surface area contributed by atoms with Crippen molar-refractivity contribution in [2.45, 2.75) is 6.54 Å². The number of carbonyl (C=O) groups excluding carboxylic acids is 1. The van der Waals surface area contributed by atoms with Crippen LogP contribution >= 0.6 is 11.3 Å². The van der Waals surface area contributed by atoms with Gasteiger partial charge in [-0.25, -0.2) is 9.97 Å². The second-order valence-corrected chi connectivity index (χ2v) is 4.95. The number of hydrogen-bond acceptors (Lipinski definition) is 5. The number of amides is 1. The molecule has 0 unspecified atom stereocenters. The Morgan fingerprint density at radius 2 is 2.25 bits per heavy atom. The first-order chi connectivity index (χ1) is 9.83. The van der Waals surface area contributed by atoms with Gasteiger partial charge in [0.1, 0.15) is 17.8 Å². The first kappa shape index (κ1) is 12.5. The van der Waals surface area contributed by atoms with E-state index in [4.69, 9.17) is 0 Å². The number of carbonyl (C=O) groups is 1. The van der Waals surface area contributed by atoms with Crippen LogP contribution in [0, 0.1) is 0 Å². The normalized spacial score (nSPS) is 10.4. The SMILES string of the molecule is O=C(NCc1ncn[nH]1)c1cccc(-c2cccs2)n1. The van der Waals surface area contributed by atoms with Gasteiger partial charge < -0.3 is 5.32 Å². The van der Waals surface area contributed by atoms with Crippen LogP contribution in [0.5, 0.6) is 0 Å². The molecule has 0 atom stereocenters. The zero-order valence-electron chi connectivity index (χ0n) is 10.4. The lowest BCUT2D eigenvalue weighted by atomic mass is 10.2. The van der Waals surface area contributed by atoms with Crippen LogP contribution in [0.15, 0.2) is 42.0 Å². The maximum Gasteiger partial charge on any atom is 0.270 e. The van der Waals surface area contributed by atoms with Gasteiger partial charge in [0.15, 0.2) is 0 Å². The number of pyridine rings is 1. The first-order valence-corrected chi connectivity index (χ1v) is 6.84. The molecule has 3 heterocycles. The van der Waals surface area contributed by atoms with Crippen LogP contribution in [0.1, 0.15) is 16.3 Å². The third-order valence-electron chi connectivity index (χ3n) is 2.64. The van der Waals surface area contributed by atoms with Crippen LogP contribution in [0.3, 0.4) is 0 Å². The van der Waals surface area contributed by atoms with E-state index in [1.54, 1.807) is 17.4 Å². The van der Waals surface area contributed by atoms with E-state index in [1.165, 1.54) is 6.33 Å². The molecule has 1 amide bonds. The smallest absolute Gasteiger partial charge is 0.270 e. The van der Waals surface area contributed by atoms with E-state index in [0.717, 1.165) is 10.6 Å². The largest absolute Gasteiger partial charge is 0.343 e. The molecule has 0 aliphatic carbocycles. The Hall–Kier alpha value is -2.54. The van der Waals surface area contributed by atoms with Gasteiger partial charge in [0.25, 0.3) is 5.91 Å². The van der Waals surface area contributed by atoms with Crippen molar-refractivity contribution in [3.05, 3.63) is 53.6 Å². The molecule has 3 aromatic rings. The van der Waals surface area contributed by atoms with E-state index in [-0.39, 0.29) is 5.91 Å². The van der Waals surface area contributed by atoms with Gasteiger partial charge in [-0.05, 0) is 23.6 Å². The van der Waals surface area contributed by atoms with E-state index in [0.29, 0.717) is 18.1 Å². The number of hydrogen-bond donors (Lipinski definition) is 2. The van der Waals surface area contributed by atoms with Crippen molar-refractivity contribution in [1.29, 1.82) is 0 Å². The summed E-state index contributed by atoms with van der Waals surface area (Å²) in [5.41, 5.74) is 1.18. The lowest BCUT2D eigenvalue weighted by Gasteiger charge is -2.04. The molecule has 20 heavy (non-hydrogen) atoms. The Kier molecular flexibility index (Phi) is 3.51. The number of nitrogens with one attached hydrogen (secondary N) is 2. The number of H-pyrrole nitrogens is 1. The summed E-state index contributed by atoms with van der Waals surface area (Å²) in [6, 6.07) is 9.33. The number of aromatic amines is 1. The minimum atomic E-state index is -0.236. The summed E-state index contributed by atoms with van der Waals surface area (Å²) in [5.74, 6) is 0.368. The Morgan fingerprint density at radius 1 is 1.30 bits per heavy atom. The molecule has 0 saturated carbocycles. The molecule has 0 radical (unpaired) electrons. The fourth-order valence-electron chi connectivity index (χ4n) is 1.69. The fraction of sp³-hybridized carbons (Fsp3) is 0.0769. The van der Waals surface area contributed by atoms with E-state index < -0.39 is 0 Å². The summed E-state index contributed by atoms with van der Waals surface area (Å²) >= 11 is 1.59. The lowest BCUT2D eigenvalue weighted by molar-refractivity contribution is 0.0945. The molecular weight excluding hydrogens is 274 g/mol. The first-order valence-electron chi connectivity index (χ1n) is 5.96. The molecule has 0 aromatic carbocycles. The second kappa shape index (κ2) is 5.62. The van der Waals surface area contributed by atoms with Crippen LogP contribution in [-0.2, 0) is 6.54 Å². The van der Waals surface area contributed by atoms with Crippen LogP contribution in [0.4, 0.5) is 0 Å². The van der Waals surface area contributed by atoms with Crippen LogP contribution in [-0.4, -0.2) is 26.1 Å². The van der Waals surface area contributed by atoms with E-state index in [1.807, 2.05) is 29.6 Å². The average molecular weight is 285 g/mol. The molecule has 0 aliphatic heterocycles. The van der Waals surface area contributed by atoms with E-state index in [9.17, 15) is 4.79 Å². The Bertz CT molecular complexity index is 693. The standard InChI is InChI=1S/C13H11N5OS/c19-13(14-7-12-15-8-16-18-12)10-4-1-3-9(17-10)11-5-2-6-20-11/h1-6,8H,7H2,(H,14,19)(H,15,16,18). The van der Waals surface area contributed by atoms with Crippen molar-refractivity contribution in [3.63, 3.8) is 0 Å². The van der Waals surface area contributed by atoms with Crippen LogP contribution in [0.2, 0.25) is 0 Å². The summed E-state index contributed by atoms with van der Waals surface area (Å²) in [6.07, 6.45) is 1.40. The predicted molar refractivity (Wildman–Crippen MR) is 75.1 cm³/mol. The summed E-state index contributed by atoms with van der Waals surface area (Å²) in [4.78, 5) is 21.4. The molecule has 2 N–H and O–H groups in total. The van der Waals surface area contributed by atoms with E-state index >= 15 is 0 Å². The molecule has 0 saturated heterocycles. The molecule has 3 aromatic heterocycles. The number of nitrogens with zero attached hydrogens (tertiary/aromatic N) is 3. The van der Waals surface area contributed by atoms with Gasteiger partial charge in [-0.15, -0.1) is 11.3 Å². The summed E-state index contributed by atoms with van der Waals surface area (Å²) in [7, 11) is 0. The van der Waals surface area contributed by atoms with Gasteiger partial charge >= 0.3 is 0 Å². The highest BCUT2D eigenvalue weighted by molar-refractivity contribution is 7.13. The zero-order valence-corrected chi connectivity index (χ0v) is 11.2. The number of rotatable bonds is 4. The Labute approximate surface area is 118 Å². The van der Waals surface area contributed by atoms with E-state index in [2.05, 4.69) is 25.5 Å². The minimum Gasteiger partial charge on any atom is -0.343 e. The third kappa shape index (κ3) is 2.72. The molecule has 0 aliphatic rings. The molecular formula is C13H11N5OS. The second-order valence-electron chi connectivity index (χ2n) is 4.00. The number of thiophene rings is 1. The van der Waals surface area contributed by atoms with Crippen molar-refractivity contribution in [3.8, 4) is 10.6 Å². The highest BCUT2D eigenvalue weighted by atomic mass is 32.1. The van der Waals surface area contributed by atoms with Crippen molar-refractivity contribution in [1.82, 2.24) is 25.5 Å². The molecule has 0 spiro atoms. The zero-order chi connectivity index (χ0) is 13.8. The van der Waals surface area contributed by atoms with Crippen molar-refractivity contribution >= 4 is 17.2 Å². The predicted octanol–water partition coefficient (Wildman–Crippen LogP) is 1.86. The van der Waals surface area contributed by atoms with Crippen LogP contribution in [0.25, 0.3) is 10.6 Å². The Balaban J connectivity index is 1.73. The molecule has 0 bridgehead atoms. The van der Waals surface area contributed by atoms with Crippen molar-refractivity contribution in [2.75, 3.05) is 0 Å². The molecule has 3 rings (SSSR count).